The third-order valence-corrected chi connectivity index (χ3v) is 4.69. The zero-order valence-corrected chi connectivity index (χ0v) is 16.6. The van der Waals surface area contributed by atoms with Crippen LogP contribution in [-0.4, -0.2) is 42.4 Å². The number of nitrogens with one attached hydrogen (secondary N) is 1. The average molecular weight is 451 g/mol. The number of hydrogen-bond donors (Lipinski definition) is 2. The van der Waals surface area contributed by atoms with Crippen LogP contribution < -0.4 is 11.1 Å². The summed E-state index contributed by atoms with van der Waals surface area (Å²) in [6.45, 7) is -0.614. The number of carbonyl (C=O) groups is 1. The molecule has 12 heteroatoms. The lowest BCUT2D eigenvalue weighted by Crippen LogP contribution is -2.48. The van der Waals surface area contributed by atoms with Gasteiger partial charge in [0.25, 0.3) is 11.9 Å². The van der Waals surface area contributed by atoms with E-state index in [9.17, 15) is 22.4 Å². The van der Waals surface area contributed by atoms with E-state index in [-0.39, 0.29) is 35.1 Å². The summed E-state index contributed by atoms with van der Waals surface area (Å²) in [6.07, 6.45) is -4.71. The van der Waals surface area contributed by atoms with Gasteiger partial charge in [-0.15, -0.1) is 0 Å². The Morgan fingerprint density at radius 3 is 2.78 bits per heavy atom. The third kappa shape index (κ3) is 5.12. The van der Waals surface area contributed by atoms with Crippen LogP contribution in [0.1, 0.15) is 28.5 Å². The number of nitriles is 1. The number of amidine groups is 1. The van der Waals surface area contributed by atoms with Gasteiger partial charge >= 0.3 is 6.18 Å². The van der Waals surface area contributed by atoms with Gasteiger partial charge in [0.1, 0.15) is 42.4 Å². The Labute approximate surface area is 179 Å². The molecule has 32 heavy (non-hydrogen) atoms. The lowest BCUT2D eigenvalue weighted by Gasteiger charge is -2.38. The fourth-order valence-electron chi connectivity index (χ4n) is 3.08. The maximum absolute atomic E-state index is 14.7. The lowest BCUT2D eigenvalue weighted by molar-refractivity contribution is -0.197. The molecule has 1 aliphatic rings. The Bertz CT molecular complexity index is 1080. The number of rotatable bonds is 5. The maximum Gasteiger partial charge on any atom is 0.411 e. The average Bonchev–Trinajstić information content (AvgIpc) is 2.73. The van der Waals surface area contributed by atoms with Gasteiger partial charge in [0.15, 0.2) is 0 Å². The highest BCUT2D eigenvalue weighted by Crippen LogP contribution is 2.37. The first-order valence-corrected chi connectivity index (χ1v) is 9.16. The van der Waals surface area contributed by atoms with Crippen LogP contribution in [-0.2, 0) is 15.0 Å². The predicted molar refractivity (Wildman–Crippen MR) is 104 cm³/mol. The second-order valence-electron chi connectivity index (χ2n) is 7.02. The molecule has 0 radical (unpaired) electrons. The van der Waals surface area contributed by atoms with Crippen LogP contribution >= 0.6 is 0 Å². The Morgan fingerprint density at radius 2 is 2.16 bits per heavy atom. The van der Waals surface area contributed by atoms with E-state index in [1.54, 1.807) is 0 Å². The van der Waals surface area contributed by atoms with E-state index in [2.05, 4.69) is 15.3 Å². The van der Waals surface area contributed by atoms with Gasteiger partial charge < -0.3 is 20.5 Å². The van der Waals surface area contributed by atoms with Gasteiger partial charge in [0.05, 0.1) is 5.56 Å². The third-order valence-electron chi connectivity index (χ3n) is 4.69. The highest BCUT2D eigenvalue weighted by atomic mass is 19.4. The predicted octanol–water partition coefficient (Wildman–Crippen LogP) is 2.85. The van der Waals surface area contributed by atoms with Crippen LogP contribution in [0.3, 0.4) is 0 Å². The molecule has 1 aliphatic heterocycles. The molecule has 0 unspecified atom stereocenters. The summed E-state index contributed by atoms with van der Waals surface area (Å²) >= 11 is 0. The molecule has 0 saturated heterocycles. The Hall–Kier alpha value is -3.72. The van der Waals surface area contributed by atoms with E-state index in [0.717, 1.165) is 6.07 Å². The van der Waals surface area contributed by atoms with Crippen molar-refractivity contribution in [1.82, 2.24) is 4.98 Å². The lowest BCUT2D eigenvalue weighted by atomic mass is 9.85. The minimum Gasteiger partial charge on any atom is -0.463 e. The van der Waals surface area contributed by atoms with E-state index in [4.69, 9.17) is 20.5 Å². The number of aliphatic imine (C=N–C) groups is 1. The van der Waals surface area contributed by atoms with Crippen molar-refractivity contribution in [3.05, 3.63) is 59.2 Å². The van der Waals surface area contributed by atoms with Crippen LogP contribution in [0, 0.1) is 17.1 Å². The van der Waals surface area contributed by atoms with Crippen molar-refractivity contribution in [3.8, 4) is 6.07 Å². The minimum absolute atomic E-state index is 0.000746. The summed E-state index contributed by atoms with van der Waals surface area (Å²) < 4.78 is 62.7. The van der Waals surface area contributed by atoms with E-state index in [1.165, 1.54) is 37.4 Å². The molecule has 168 valence electrons. The maximum atomic E-state index is 14.7. The van der Waals surface area contributed by atoms with E-state index >= 15 is 0 Å². The van der Waals surface area contributed by atoms with Crippen LogP contribution in [0.2, 0.25) is 0 Å². The Kier molecular flexibility index (Phi) is 6.31. The summed E-state index contributed by atoms with van der Waals surface area (Å²) in [7, 11) is 0. The van der Waals surface area contributed by atoms with Gasteiger partial charge in [-0.3, -0.25) is 4.79 Å². The van der Waals surface area contributed by atoms with Crippen molar-refractivity contribution in [1.29, 1.82) is 5.26 Å². The standard InChI is InChI=1S/C20H17F4N5O3/c1-19(16(9-31-18(26)29-19)32-10-20(22,23)24)13-6-12(3-4-14(13)21)28-17(30)15-5-2-11(7-25)8-27-15/h2-6,8,16H,9-10H2,1H3,(H2,26,29)(H,28,30)/t16-,19+/m0/s1. The first kappa shape index (κ1) is 23.0. The molecule has 1 amide bonds. The number of nitrogens with zero attached hydrogens (tertiary/aromatic N) is 3. The summed E-state index contributed by atoms with van der Waals surface area (Å²) in [5.41, 5.74) is 4.17. The molecule has 8 nitrogen and oxygen atoms in total. The van der Waals surface area contributed by atoms with Crippen molar-refractivity contribution < 1.29 is 31.8 Å². The van der Waals surface area contributed by atoms with Crippen LogP contribution in [0.25, 0.3) is 0 Å². The van der Waals surface area contributed by atoms with Crippen molar-refractivity contribution in [2.45, 2.75) is 24.7 Å². The van der Waals surface area contributed by atoms with Gasteiger partial charge in [-0.2, -0.15) is 18.4 Å². The second kappa shape index (κ2) is 8.80. The fourth-order valence-corrected chi connectivity index (χ4v) is 3.08. The van der Waals surface area contributed by atoms with Crippen LogP contribution in [0.5, 0.6) is 0 Å². The number of hydrogen-bond acceptors (Lipinski definition) is 7. The zero-order valence-electron chi connectivity index (χ0n) is 16.6. The molecular formula is C20H17F4N5O3. The largest absolute Gasteiger partial charge is 0.463 e. The first-order chi connectivity index (χ1) is 15.0. The number of amides is 1. The van der Waals surface area contributed by atoms with Gasteiger partial charge in [0, 0.05) is 17.4 Å². The minimum atomic E-state index is -4.62. The highest BCUT2D eigenvalue weighted by molar-refractivity contribution is 6.02. The molecule has 0 saturated carbocycles. The molecule has 3 N–H and O–H groups in total. The van der Waals surface area contributed by atoms with Crippen LogP contribution in [0.4, 0.5) is 23.2 Å². The topological polar surface area (TPSA) is 123 Å². The molecule has 0 spiro atoms. The van der Waals surface area contributed by atoms with Crippen LogP contribution in [0.15, 0.2) is 41.5 Å². The molecule has 1 aromatic carbocycles. The summed E-state index contributed by atoms with van der Waals surface area (Å²) in [4.78, 5) is 20.3. The number of pyridine rings is 1. The highest BCUT2D eigenvalue weighted by Gasteiger charge is 2.44. The van der Waals surface area contributed by atoms with Crippen molar-refractivity contribution in [2.24, 2.45) is 10.7 Å². The van der Waals surface area contributed by atoms with Crippen molar-refractivity contribution in [2.75, 3.05) is 18.5 Å². The molecule has 2 atom stereocenters. The Morgan fingerprint density at radius 1 is 1.41 bits per heavy atom. The summed E-state index contributed by atoms with van der Waals surface area (Å²) in [5.74, 6) is -1.43. The molecule has 3 rings (SSSR count). The fraction of sp³-hybridized carbons (Fsp3) is 0.300. The van der Waals surface area contributed by atoms with E-state index < -0.39 is 36.2 Å². The van der Waals surface area contributed by atoms with E-state index in [0.29, 0.717) is 0 Å². The SMILES string of the molecule is C[C@]1(c2cc(NC(=O)c3ccc(C#N)cn3)ccc2F)N=C(N)OC[C@@H]1OCC(F)(F)F. The van der Waals surface area contributed by atoms with Gasteiger partial charge in [-0.1, -0.05) is 0 Å². The van der Waals surface area contributed by atoms with Gasteiger partial charge in [-0.25, -0.2) is 14.4 Å². The molecule has 0 fully saturated rings. The van der Waals surface area contributed by atoms with E-state index in [1.807, 2.05) is 6.07 Å². The smallest absolute Gasteiger partial charge is 0.411 e. The number of aromatic nitrogens is 1. The molecular weight excluding hydrogens is 434 g/mol. The number of nitrogens with two attached hydrogens (primary N) is 1. The number of ether oxygens (including phenoxy) is 2. The quantitative estimate of drug-likeness (QED) is 0.674. The first-order valence-electron chi connectivity index (χ1n) is 9.16. The number of halogens is 4. The summed E-state index contributed by atoms with van der Waals surface area (Å²) in [6, 6.07) is 7.80. The number of alkyl halides is 3. The van der Waals surface area contributed by atoms with Crippen molar-refractivity contribution in [3.63, 3.8) is 0 Å². The van der Waals surface area contributed by atoms with Gasteiger partial charge in [-0.05, 0) is 37.3 Å². The number of anilines is 1. The second-order valence-corrected chi connectivity index (χ2v) is 7.02. The normalized spacial score (nSPS) is 20.6. The molecule has 1 aromatic heterocycles. The zero-order chi connectivity index (χ0) is 23.5. The van der Waals surface area contributed by atoms with Gasteiger partial charge in [0.2, 0.25) is 0 Å². The molecule has 0 bridgehead atoms. The number of benzene rings is 1. The van der Waals surface area contributed by atoms with Crippen molar-refractivity contribution >= 4 is 17.6 Å². The Balaban J connectivity index is 1.90. The monoisotopic (exact) mass is 451 g/mol. The molecule has 2 aromatic rings. The number of carbonyl (C=O) groups excluding carboxylic acids is 1. The summed E-state index contributed by atoms with van der Waals surface area (Å²) in [5, 5.41) is 11.3. The molecule has 2 heterocycles. The molecule has 0 aliphatic carbocycles.